The average molecular weight is 170 g/mol. The van der Waals surface area contributed by atoms with Gasteiger partial charge in [0.1, 0.15) is 0 Å². The van der Waals surface area contributed by atoms with Gasteiger partial charge in [-0.25, -0.2) is 0 Å². The number of quaternary nitrogens is 1. The predicted molar refractivity (Wildman–Crippen MR) is 56.1 cm³/mol. The lowest BCUT2D eigenvalue weighted by Crippen LogP contribution is -2.42. The summed E-state index contributed by atoms with van der Waals surface area (Å²) >= 11 is 0. The highest BCUT2D eigenvalue weighted by atomic mass is 15.3. The van der Waals surface area contributed by atoms with Crippen molar-refractivity contribution in [3.63, 3.8) is 0 Å². The second-order valence-electron chi connectivity index (χ2n) is 5.66. The number of allylic oxidation sites excluding steroid dienone is 1. The molecule has 0 N–H and O–H groups in total. The summed E-state index contributed by atoms with van der Waals surface area (Å²) in [5.74, 6) is 0. The second-order valence-corrected chi connectivity index (χ2v) is 5.66. The van der Waals surface area contributed by atoms with E-state index in [0.29, 0.717) is 5.41 Å². The molecule has 0 aromatic heterocycles. The SMILES string of the molecule is CC(C)=CC(C)(C)C[N+](C)(C)C. The van der Waals surface area contributed by atoms with Gasteiger partial charge in [-0.05, 0) is 13.8 Å². The van der Waals surface area contributed by atoms with Gasteiger partial charge in [0, 0.05) is 5.41 Å². The van der Waals surface area contributed by atoms with E-state index >= 15 is 0 Å². The van der Waals surface area contributed by atoms with Crippen molar-refractivity contribution in [3.8, 4) is 0 Å². The fourth-order valence-corrected chi connectivity index (χ4v) is 2.05. The zero-order chi connectivity index (χ0) is 9.99. The van der Waals surface area contributed by atoms with Crippen LogP contribution < -0.4 is 0 Å². The number of hydrogen-bond acceptors (Lipinski definition) is 0. The molecule has 0 aromatic carbocycles. The van der Waals surface area contributed by atoms with E-state index in [4.69, 9.17) is 0 Å². The van der Waals surface area contributed by atoms with Gasteiger partial charge in [-0.15, -0.1) is 0 Å². The van der Waals surface area contributed by atoms with E-state index in [2.05, 4.69) is 54.9 Å². The van der Waals surface area contributed by atoms with E-state index < -0.39 is 0 Å². The topological polar surface area (TPSA) is 0 Å². The van der Waals surface area contributed by atoms with Crippen LogP contribution in [0.2, 0.25) is 0 Å². The van der Waals surface area contributed by atoms with E-state index in [1.54, 1.807) is 0 Å². The van der Waals surface area contributed by atoms with E-state index in [9.17, 15) is 0 Å². The van der Waals surface area contributed by atoms with Crippen LogP contribution in [0.4, 0.5) is 0 Å². The van der Waals surface area contributed by atoms with Crippen molar-refractivity contribution < 1.29 is 4.48 Å². The van der Waals surface area contributed by atoms with Crippen molar-refractivity contribution in [2.45, 2.75) is 27.7 Å². The molecule has 0 amide bonds. The quantitative estimate of drug-likeness (QED) is 0.451. The van der Waals surface area contributed by atoms with Crippen molar-refractivity contribution in [1.82, 2.24) is 0 Å². The molecular formula is C11H24N+. The molecule has 72 valence electrons. The van der Waals surface area contributed by atoms with Crippen LogP contribution in [0.3, 0.4) is 0 Å². The molecule has 0 saturated carbocycles. The molecule has 0 fully saturated rings. The largest absolute Gasteiger partial charge is 0.330 e. The van der Waals surface area contributed by atoms with Gasteiger partial charge in [0.2, 0.25) is 0 Å². The Kier molecular flexibility index (Phi) is 3.52. The minimum absolute atomic E-state index is 0.317. The summed E-state index contributed by atoms with van der Waals surface area (Å²) in [6.07, 6.45) is 2.36. The summed E-state index contributed by atoms with van der Waals surface area (Å²) in [4.78, 5) is 0. The van der Waals surface area contributed by atoms with Gasteiger partial charge in [0.15, 0.2) is 0 Å². The minimum atomic E-state index is 0.317. The van der Waals surface area contributed by atoms with Crippen LogP contribution in [0.25, 0.3) is 0 Å². The summed E-state index contributed by atoms with van der Waals surface area (Å²) in [5, 5.41) is 0. The lowest BCUT2D eigenvalue weighted by Gasteiger charge is -2.32. The summed E-state index contributed by atoms with van der Waals surface area (Å²) in [6.45, 7) is 10.1. The zero-order valence-electron chi connectivity index (χ0n) is 9.73. The molecule has 1 nitrogen and oxygen atoms in total. The Morgan fingerprint density at radius 2 is 1.58 bits per heavy atom. The molecule has 0 saturated heterocycles. The molecule has 0 aliphatic heterocycles. The molecule has 0 unspecified atom stereocenters. The maximum absolute atomic E-state index is 2.36. The van der Waals surface area contributed by atoms with E-state index in [-0.39, 0.29) is 0 Å². The van der Waals surface area contributed by atoms with Crippen LogP contribution in [-0.4, -0.2) is 32.2 Å². The normalized spacial score (nSPS) is 12.9. The predicted octanol–water partition coefficient (Wildman–Crippen LogP) is 2.69. The molecule has 12 heavy (non-hydrogen) atoms. The summed E-state index contributed by atoms with van der Waals surface area (Å²) in [6, 6.07) is 0. The monoisotopic (exact) mass is 170 g/mol. The molecule has 0 aliphatic rings. The van der Waals surface area contributed by atoms with Crippen LogP contribution >= 0.6 is 0 Å². The highest BCUT2D eigenvalue weighted by molar-refractivity contribution is 5.02. The smallest absolute Gasteiger partial charge is 0.0867 e. The fourth-order valence-electron chi connectivity index (χ4n) is 2.05. The third-order valence-corrected chi connectivity index (χ3v) is 1.56. The van der Waals surface area contributed by atoms with Crippen LogP contribution in [0.15, 0.2) is 11.6 Å². The Morgan fingerprint density at radius 1 is 1.17 bits per heavy atom. The summed E-state index contributed by atoms with van der Waals surface area (Å²) < 4.78 is 1.02. The Labute approximate surface area is 77.7 Å². The van der Waals surface area contributed by atoms with Crippen molar-refractivity contribution in [1.29, 1.82) is 0 Å². The first-order valence-corrected chi connectivity index (χ1v) is 4.59. The third-order valence-electron chi connectivity index (χ3n) is 1.56. The second kappa shape index (κ2) is 3.61. The van der Waals surface area contributed by atoms with Crippen molar-refractivity contribution in [3.05, 3.63) is 11.6 Å². The molecule has 0 heterocycles. The van der Waals surface area contributed by atoms with Gasteiger partial charge in [-0.1, -0.05) is 25.5 Å². The van der Waals surface area contributed by atoms with Gasteiger partial charge >= 0.3 is 0 Å². The van der Waals surface area contributed by atoms with Crippen LogP contribution in [0, 0.1) is 5.41 Å². The minimum Gasteiger partial charge on any atom is -0.330 e. The lowest BCUT2D eigenvalue weighted by molar-refractivity contribution is -0.875. The van der Waals surface area contributed by atoms with Crippen LogP contribution in [0.1, 0.15) is 27.7 Å². The Balaban J connectivity index is 4.34. The van der Waals surface area contributed by atoms with Crippen molar-refractivity contribution in [2.75, 3.05) is 27.7 Å². The third kappa shape index (κ3) is 6.41. The van der Waals surface area contributed by atoms with Gasteiger partial charge in [-0.3, -0.25) is 0 Å². The summed E-state index contributed by atoms with van der Waals surface area (Å²) in [5.41, 5.74) is 1.73. The van der Waals surface area contributed by atoms with Gasteiger partial charge in [-0.2, -0.15) is 0 Å². The maximum atomic E-state index is 2.36. The molecular weight excluding hydrogens is 146 g/mol. The van der Waals surface area contributed by atoms with E-state index in [0.717, 1.165) is 4.48 Å². The highest BCUT2D eigenvalue weighted by Gasteiger charge is 2.22. The summed E-state index contributed by atoms with van der Waals surface area (Å²) in [7, 11) is 6.71. The first kappa shape index (κ1) is 11.7. The molecule has 0 spiro atoms. The van der Waals surface area contributed by atoms with Crippen molar-refractivity contribution in [2.24, 2.45) is 5.41 Å². The standard InChI is InChI=1S/C11H24N/c1-10(2)8-11(3,4)9-12(5,6)7/h8H,9H2,1-7H3/q+1. The molecule has 0 atom stereocenters. The Morgan fingerprint density at radius 3 is 1.83 bits per heavy atom. The van der Waals surface area contributed by atoms with Gasteiger partial charge in [0.05, 0.1) is 27.7 Å². The first-order valence-electron chi connectivity index (χ1n) is 4.59. The number of nitrogens with zero attached hydrogens (tertiary/aromatic N) is 1. The van der Waals surface area contributed by atoms with Crippen LogP contribution in [-0.2, 0) is 0 Å². The molecule has 1 heteroatoms. The molecule has 0 aliphatic carbocycles. The Hall–Kier alpha value is -0.300. The maximum Gasteiger partial charge on any atom is 0.0867 e. The molecule has 0 rings (SSSR count). The van der Waals surface area contributed by atoms with Crippen LogP contribution in [0.5, 0.6) is 0 Å². The van der Waals surface area contributed by atoms with Crippen molar-refractivity contribution >= 4 is 0 Å². The number of rotatable bonds is 3. The zero-order valence-corrected chi connectivity index (χ0v) is 9.73. The lowest BCUT2D eigenvalue weighted by atomic mass is 9.90. The highest BCUT2D eigenvalue weighted by Crippen LogP contribution is 2.21. The molecule has 0 radical (unpaired) electrons. The van der Waals surface area contributed by atoms with E-state index in [1.165, 1.54) is 12.1 Å². The molecule has 0 bridgehead atoms. The van der Waals surface area contributed by atoms with Gasteiger partial charge in [0.25, 0.3) is 0 Å². The van der Waals surface area contributed by atoms with E-state index in [1.807, 2.05) is 0 Å². The Bertz CT molecular complexity index is 166. The fraction of sp³-hybridized carbons (Fsp3) is 0.818. The molecule has 0 aromatic rings. The first-order chi connectivity index (χ1) is 5.12. The van der Waals surface area contributed by atoms with Gasteiger partial charge < -0.3 is 4.48 Å². The number of hydrogen-bond donors (Lipinski definition) is 0. The average Bonchev–Trinajstić information content (AvgIpc) is 1.48.